The lowest BCUT2D eigenvalue weighted by molar-refractivity contribution is 0.284. The van der Waals surface area contributed by atoms with Crippen LogP contribution in [0.4, 0.5) is 44.7 Å². The van der Waals surface area contributed by atoms with E-state index >= 15 is 0 Å². The predicted molar refractivity (Wildman–Crippen MR) is 181 cm³/mol. The number of nitrogens with one attached hydrogen (secondary N) is 2. The van der Waals surface area contributed by atoms with Crippen molar-refractivity contribution in [1.82, 2.24) is 15.0 Å². The second kappa shape index (κ2) is 14.4. The monoisotopic (exact) mass is 798 g/mol. The highest BCUT2D eigenvalue weighted by atomic mass is 32.3. The first-order valence-electron chi connectivity index (χ1n) is 13.9. The van der Waals surface area contributed by atoms with E-state index in [0.29, 0.717) is 5.39 Å². The number of nitrogens with zero attached hydrogens (tertiary/aromatic N) is 5. The molecule has 274 valence electrons. The topological polar surface area (TPSA) is 320 Å². The molecule has 4 aromatic carbocycles. The third kappa shape index (κ3) is 9.53. The Labute approximate surface area is 294 Å². The zero-order chi connectivity index (χ0) is 38.1. The van der Waals surface area contributed by atoms with Crippen LogP contribution < -0.4 is 16.4 Å². The van der Waals surface area contributed by atoms with Gasteiger partial charge in [0, 0.05) is 16.8 Å². The van der Waals surface area contributed by atoms with Crippen molar-refractivity contribution in [3.8, 4) is 0 Å². The number of aromatic nitrogens is 3. The van der Waals surface area contributed by atoms with Gasteiger partial charge in [-0.05, 0) is 66.0 Å². The fourth-order valence-corrected chi connectivity index (χ4v) is 7.00. The molecule has 0 saturated heterocycles. The van der Waals surface area contributed by atoms with Gasteiger partial charge in [0.05, 0.1) is 27.8 Å². The maximum atomic E-state index is 14.4. The van der Waals surface area contributed by atoms with E-state index in [9.17, 15) is 47.2 Å². The Balaban J connectivity index is 1.41. The molecule has 5 aromatic rings. The van der Waals surface area contributed by atoms with Crippen LogP contribution in [0.1, 0.15) is 0 Å². The Bertz CT molecular complexity index is 2680. The molecule has 0 fully saturated rings. The number of sulfone groups is 1. The zero-order valence-corrected chi connectivity index (χ0v) is 28.9. The van der Waals surface area contributed by atoms with Crippen LogP contribution in [0, 0.1) is 6.08 Å². The van der Waals surface area contributed by atoms with E-state index in [-0.39, 0.29) is 39.0 Å². The summed E-state index contributed by atoms with van der Waals surface area (Å²) in [6.07, 6.45) is -1.27. The lowest BCUT2D eigenvalue weighted by atomic mass is 10.1. The molecule has 0 saturated carbocycles. The summed E-state index contributed by atoms with van der Waals surface area (Å²) in [5.41, 5.74) is 5.66. The van der Waals surface area contributed by atoms with Gasteiger partial charge in [-0.1, -0.05) is 12.1 Å². The van der Waals surface area contributed by atoms with Crippen molar-refractivity contribution in [2.24, 2.45) is 10.2 Å². The van der Waals surface area contributed by atoms with Crippen LogP contribution in [-0.2, 0) is 44.7 Å². The van der Waals surface area contributed by atoms with Crippen LogP contribution in [0.2, 0.25) is 0 Å². The Kier molecular flexibility index (Phi) is 10.5. The molecular formula is C27H23FN8O12S4. The largest absolute Gasteiger partial charge is 0.397 e. The number of fused-ring (bicyclic) bond motifs is 1. The molecule has 25 heteroatoms. The fraction of sp³-hybridized carbons (Fsp3) is 0.0741. The van der Waals surface area contributed by atoms with E-state index in [1.807, 2.05) is 0 Å². The zero-order valence-electron chi connectivity index (χ0n) is 25.7. The minimum absolute atomic E-state index is 0.00462. The lowest BCUT2D eigenvalue weighted by Crippen LogP contribution is -2.15. The molecule has 0 amide bonds. The van der Waals surface area contributed by atoms with Gasteiger partial charge in [0.15, 0.2) is 9.84 Å². The van der Waals surface area contributed by atoms with Crippen molar-refractivity contribution in [3.63, 3.8) is 0 Å². The number of benzene rings is 4. The number of rotatable bonds is 13. The molecule has 0 spiro atoms. The summed E-state index contributed by atoms with van der Waals surface area (Å²) < 4.78 is 140. The van der Waals surface area contributed by atoms with Gasteiger partial charge >= 0.3 is 16.5 Å². The van der Waals surface area contributed by atoms with Gasteiger partial charge in [-0.25, -0.2) is 12.6 Å². The van der Waals surface area contributed by atoms with Gasteiger partial charge in [-0.15, -0.1) is 10.2 Å². The van der Waals surface area contributed by atoms with E-state index < -0.39 is 80.3 Å². The minimum atomic E-state index is -4.89. The molecule has 20 nitrogen and oxygen atoms in total. The third-order valence-electron chi connectivity index (χ3n) is 6.71. The Hall–Kier alpha value is -5.28. The van der Waals surface area contributed by atoms with E-state index in [4.69, 9.17) is 10.3 Å². The highest BCUT2D eigenvalue weighted by molar-refractivity contribution is 7.91. The highest BCUT2D eigenvalue weighted by Gasteiger charge is 2.19. The van der Waals surface area contributed by atoms with Crippen molar-refractivity contribution in [3.05, 3.63) is 78.9 Å². The average molecular weight is 799 g/mol. The van der Waals surface area contributed by atoms with Crippen molar-refractivity contribution in [2.45, 2.75) is 14.7 Å². The molecule has 7 N–H and O–H groups in total. The maximum Gasteiger partial charge on any atom is 0.397 e. The van der Waals surface area contributed by atoms with E-state index in [2.05, 4.69) is 40.0 Å². The van der Waals surface area contributed by atoms with Crippen molar-refractivity contribution in [1.29, 1.82) is 0 Å². The number of nitrogens with two attached hydrogens (primary N) is 1. The Morgan fingerprint density at radius 1 is 0.712 bits per heavy atom. The van der Waals surface area contributed by atoms with Crippen LogP contribution in [0.5, 0.6) is 0 Å². The summed E-state index contributed by atoms with van der Waals surface area (Å²) in [5, 5.41) is 13.7. The number of halogens is 1. The summed E-state index contributed by atoms with van der Waals surface area (Å²) in [7, 11) is -18.4. The standard InChI is InChI=1S/C27H23FN8O12S4/c28-25-32-26(30-16-3-7-18(8-4-16)49(37,38)12-11-48-52(45,46)47)34-27(33-25)31-17-5-10-23(51(42,43)44)22(13-17)35-36-24-20-14-19(50(39,40)41)6-1-15(20)2-9-21(24)29/h1-10,13-14H,11-12,29H2,(H,39,40,41)(H,42,43,44)(H,45,46,47)(H2,30,31,32,33,34). The Morgan fingerprint density at radius 2 is 1.31 bits per heavy atom. The second-order valence-electron chi connectivity index (χ2n) is 10.3. The number of nitrogen functional groups attached to an aromatic ring is 1. The molecule has 0 radical (unpaired) electrons. The summed E-state index contributed by atoms with van der Waals surface area (Å²) >= 11 is 0. The fourth-order valence-electron chi connectivity index (χ4n) is 4.40. The molecule has 0 unspecified atom stereocenters. The molecule has 0 aliphatic heterocycles. The van der Waals surface area contributed by atoms with E-state index in [0.717, 1.165) is 42.5 Å². The van der Waals surface area contributed by atoms with Crippen LogP contribution in [0.15, 0.2) is 97.7 Å². The van der Waals surface area contributed by atoms with Gasteiger partial charge in [0.25, 0.3) is 20.2 Å². The molecule has 52 heavy (non-hydrogen) atoms. The Morgan fingerprint density at radius 3 is 1.92 bits per heavy atom. The second-order valence-corrected chi connectivity index (χ2v) is 16.3. The number of azo groups is 1. The van der Waals surface area contributed by atoms with E-state index in [1.54, 1.807) is 0 Å². The number of hydrogen-bond donors (Lipinski definition) is 6. The van der Waals surface area contributed by atoms with Crippen molar-refractivity contribution >= 4 is 91.6 Å². The molecule has 0 aliphatic rings. The van der Waals surface area contributed by atoms with Crippen LogP contribution >= 0.6 is 0 Å². The quantitative estimate of drug-likeness (QED) is 0.0561. The number of hydrogen-bond acceptors (Lipinski definition) is 17. The summed E-state index contributed by atoms with van der Waals surface area (Å²) in [6, 6.07) is 14.6. The van der Waals surface area contributed by atoms with Crippen LogP contribution in [-0.4, -0.2) is 74.6 Å². The van der Waals surface area contributed by atoms with Crippen molar-refractivity contribution < 1.29 is 55.9 Å². The van der Waals surface area contributed by atoms with Gasteiger partial charge in [-0.2, -0.15) is 44.6 Å². The minimum Gasteiger partial charge on any atom is -0.397 e. The smallest absolute Gasteiger partial charge is 0.397 e. The molecule has 1 aromatic heterocycles. The highest BCUT2D eigenvalue weighted by Crippen LogP contribution is 2.37. The molecule has 0 aliphatic carbocycles. The van der Waals surface area contributed by atoms with Gasteiger partial charge < -0.3 is 16.4 Å². The van der Waals surface area contributed by atoms with Gasteiger partial charge in [0.1, 0.15) is 16.3 Å². The third-order valence-corrected chi connectivity index (χ3v) is 10.6. The first kappa shape index (κ1) is 38.0. The summed E-state index contributed by atoms with van der Waals surface area (Å²) in [5.74, 6) is -1.54. The maximum absolute atomic E-state index is 14.4. The van der Waals surface area contributed by atoms with Crippen molar-refractivity contribution in [2.75, 3.05) is 28.7 Å². The predicted octanol–water partition coefficient (Wildman–Crippen LogP) is 3.74. The molecule has 0 bridgehead atoms. The van der Waals surface area contributed by atoms with E-state index in [1.165, 1.54) is 30.3 Å². The summed E-state index contributed by atoms with van der Waals surface area (Å²) in [6.45, 7) is -0.830. The first-order chi connectivity index (χ1) is 24.2. The first-order valence-corrected chi connectivity index (χ1v) is 19.8. The molecular weight excluding hydrogens is 776 g/mol. The molecule has 1 heterocycles. The number of anilines is 5. The molecule has 0 atom stereocenters. The van der Waals surface area contributed by atoms with Crippen LogP contribution in [0.25, 0.3) is 10.8 Å². The average Bonchev–Trinajstić information content (AvgIpc) is 3.02. The summed E-state index contributed by atoms with van der Waals surface area (Å²) in [4.78, 5) is 9.66. The SMILES string of the molecule is Nc1ccc2ccc(S(=O)(=O)O)cc2c1N=Nc1cc(Nc2nc(F)nc(Nc3ccc(S(=O)(=O)CCOS(=O)(=O)O)cc3)n2)ccc1S(=O)(=O)O. The van der Waals surface area contributed by atoms with Crippen LogP contribution in [0.3, 0.4) is 0 Å². The van der Waals surface area contributed by atoms with Gasteiger partial charge in [-0.3, -0.25) is 13.7 Å². The normalized spacial score (nSPS) is 12.7. The lowest BCUT2D eigenvalue weighted by Gasteiger charge is -2.10. The van der Waals surface area contributed by atoms with Gasteiger partial charge in [0.2, 0.25) is 11.9 Å². The molecule has 5 rings (SSSR count).